The minimum absolute atomic E-state index is 0.460. The third-order valence-electron chi connectivity index (χ3n) is 6.73. The highest BCUT2D eigenvalue weighted by molar-refractivity contribution is 5.70. The highest BCUT2D eigenvalue weighted by Crippen LogP contribution is 2.33. The Balaban J connectivity index is 1.39. The number of fused-ring (bicyclic) bond motifs is 1. The van der Waals surface area contributed by atoms with Crippen molar-refractivity contribution in [3.8, 4) is 22.8 Å². The second kappa shape index (κ2) is 9.52. The molecule has 0 radical (unpaired) electrons. The number of piperidine rings is 1. The normalized spacial score (nSPS) is 17.6. The van der Waals surface area contributed by atoms with Gasteiger partial charge in [-0.15, -0.1) is 0 Å². The Labute approximate surface area is 194 Å². The van der Waals surface area contributed by atoms with Crippen molar-refractivity contribution in [2.75, 3.05) is 38.9 Å². The second-order valence-corrected chi connectivity index (χ2v) is 9.15. The van der Waals surface area contributed by atoms with E-state index < -0.39 is 0 Å². The maximum absolute atomic E-state index is 5.67. The first-order valence-corrected chi connectivity index (χ1v) is 11.8. The van der Waals surface area contributed by atoms with Crippen LogP contribution in [0.2, 0.25) is 0 Å². The fourth-order valence-corrected chi connectivity index (χ4v) is 4.77. The molecule has 0 unspecified atom stereocenters. The highest BCUT2D eigenvalue weighted by atomic mass is 16.5. The molecular weight excluding hydrogens is 418 g/mol. The van der Waals surface area contributed by atoms with E-state index in [-0.39, 0.29) is 0 Å². The van der Waals surface area contributed by atoms with Crippen LogP contribution >= 0.6 is 0 Å². The molecule has 0 aromatic carbocycles. The Hall–Kier alpha value is -2.91. The standard InChI is InChI=1S/C24H33N7O2/c1-17(2)29-9-6-18(7-10-29)14-30-15-20(13-27-30)31-24-21(8-11-33-16-26-24)23(28-31)19-4-5-22(32-3)25-12-19/h4-5,12-13,15,17-18,26H,6-11,14,16H2,1-3H3. The van der Waals surface area contributed by atoms with Crippen molar-refractivity contribution >= 4 is 5.82 Å². The zero-order valence-electron chi connectivity index (χ0n) is 19.7. The van der Waals surface area contributed by atoms with E-state index in [1.165, 1.54) is 25.9 Å². The number of rotatable bonds is 6. The molecule has 0 spiro atoms. The van der Waals surface area contributed by atoms with Gasteiger partial charge in [0.2, 0.25) is 5.88 Å². The first-order chi connectivity index (χ1) is 16.1. The van der Waals surface area contributed by atoms with Crippen LogP contribution in [0.4, 0.5) is 5.82 Å². The molecule has 2 aliphatic heterocycles. The molecule has 0 bridgehead atoms. The van der Waals surface area contributed by atoms with Gasteiger partial charge in [-0.1, -0.05) is 0 Å². The summed E-state index contributed by atoms with van der Waals surface area (Å²) >= 11 is 0. The Bertz CT molecular complexity index is 1070. The van der Waals surface area contributed by atoms with Crippen LogP contribution in [0.15, 0.2) is 30.7 Å². The number of anilines is 1. The number of ether oxygens (including phenoxy) is 2. The van der Waals surface area contributed by atoms with E-state index >= 15 is 0 Å². The van der Waals surface area contributed by atoms with E-state index in [9.17, 15) is 0 Å². The van der Waals surface area contributed by atoms with Crippen LogP contribution in [0.1, 0.15) is 32.3 Å². The summed E-state index contributed by atoms with van der Waals surface area (Å²) in [7, 11) is 1.62. The maximum Gasteiger partial charge on any atom is 0.212 e. The van der Waals surface area contributed by atoms with Gasteiger partial charge < -0.3 is 19.7 Å². The number of nitrogens with zero attached hydrogens (tertiary/aromatic N) is 6. The van der Waals surface area contributed by atoms with Crippen molar-refractivity contribution in [2.24, 2.45) is 5.92 Å². The zero-order valence-corrected chi connectivity index (χ0v) is 19.7. The average molecular weight is 452 g/mol. The van der Waals surface area contributed by atoms with Gasteiger partial charge in [0, 0.05) is 42.4 Å². The van der Waals surface area contributed by atoms with Crippen LogP contribution in [-0.2, 0) is 17.7 Å². The SMILES string of the molecule is COc1ccc(-c2nn(-c3cnn(CC4CCN(C(C)C)CC4)c3)c3c2CCOCN3)cn1. The molecule has 0 amide bonds. The number of pyridine rings is 1. The summed E-state index contributed by atoms with van der Waals surface area (Å²) in [6.45, 7) is 8.96. The highest BCUT2D eigenvalue weighted by Gasteiger charge is 2.24. The largest absolute Gasteiger partial charge is 0.481 e. The van der Waals surface area contributed by atoms with Gasteiger partial charge in [0.1, 0.15) is 18.2 Å². The molecule has 2 aliphatic rings. The lowest BCUT2D eigenvalue weighted by molar-refractivity contribution is 0.140. The van der Waals surface area contributed by atoms with Crippen LogP contribution in [-0.4, -0.2) is 69.0 Å². The number of methoxy groups -OCH3 is 1. The lowest BCUT2D eigenvalue weighted by Gasteiger charge is -2.34. The quantitative estimate of drug-likeness (QED) is 0.616. The summed E-state index contributed by atoms with van der Waals surface area (Å²) in [5.74, 6) is 2.21. The molecule has 9 nitrogen and oxygen atoms in total. The number of nitrogens with one attached hydrogen (secondary N) is 1. The molecule has 1 N–H and O–H groups in total. The first kappa shape index (κ1) is 21.9. The van der Waals surface area contributed by atoms with E-state index in [0.29, 0.717) is 31.2 Å². The average Bonchev–Trinajstić information content (AvgIpc) is 3.36. The molecule has 0 aliphatic carbocycles. The second-order valence-electron chi connectivity index (χ2n) is 9.15. The molecule has 5 rings (SSSR count). The lowest BCUT2D eigenvalue weighted by Crippen LogP contribution is -2.39. The van der Waals surface area contributed by atoms with Crippen LogP contribution in [0.5, 0.6) is 5.88 Å². The number of aromatic nitrogens is 5. The molecule has 1 saturated heterocycles. The van der Waals surface area contributed by atoms with Crippen LogP contribution in [0.3, 0.4) is 0 Å². The molecule has 1 fully saturated rings. The molecule has 0 atom stereocenters. The third-order valence-corrected chi connectivity index (χ3v) is 6.73. The molecule has 3 aromatic rings. The van der Waals surface area contributed by atoms with Gasteiger partial charge >= 0.3 is 0 Å². The Morgan fingerprint density at radius 2 is 2.06 bits per heavy atom. The molecule has 0 saturated carbocycles. The Morgan fingerprint density at radius 1 is 1.21 bits per heavy atom. The topological polar surface area (TPSA) is 82.3 Å². The monoisotopic (exact) mass is 451 g/mol. The minimum atomic E-state index is 0.460. The summed E-state index contributed by atoms with van der Waals surface area (Å²) in [5, 5.41) is 13.1. The van der Waals surface area contributed by atoms with Crippen molar-refractivity contribution in [3.05, 3.63) is 36.3 Å². The Morgan fingerprint density at radius 3 is 2.79 bits per heavy atom. The van der Waals surface area contributed by atoms with Gasteiger partial charge in [0.15, 0.2) is 0 Å². The van der Waals surface area contributed by atoms with Crippen molar-refractivity contribution in [1.82, 2.24) is 29.4 Å². The predicted molar refractivity (Wildman–Crippen MR) is 127 cm³/mol. The van der Waals surface area contributed by atoms with Gasteiger partial charge in [-0.25, -0.2) is 9.67 Å². The lowest BCUT2D eigenvalue weighted by atomic mass is 9.96. The van der Waals surface area contributed by atoms with Crippen molar-refractivity contribution < 1.29 is 9.47 Å². The van der Waals surface area contributed by atoms with Crippen molar-refractivity contribution in [1.29, 1.82) is 0 Å². The summed E-state index contributed by atoms with van der Waals surface area (Å²) in [5.41, 5.74) is 3.95. The Kier molecular flexibility index (Phi) is 6.32. The number of hydrogen-bond acceptors (Lipinski definition) is 7. The maximum atomic E-state index is 5.67. The summed E-state index contributed by atoms with van der Waals surface area (Å²) in [4.78, 5) is 6.93. The molecule has 9 heteroatoms. The van der Waals surface area contributed by atoms with Gasteiger partial charge in [-0.2, -0.15) is 10.2 Å². The molecule has 5 heterocycles. The third kappa shape index (κ3) is 4.60. The number of likely N-dealkylation sites (tertiary alicyclic amines) is 1. The number of hydrogen-bond donors (Lipinski definition) is 1. The minimum Gasteiger partial charge on any atom is -0.481 e. The fraction of sp³-hybridized carbons (Fsp3) is 0.542. The van der Waals surface area contributed by atoms with Crippen LogP contribution in [0, 0.1) is 5.92 Å². The smallest absolute Gasteiger partial charge is 0.212 e. The van der Waals surface area contributed by atoms with Gasteiger partial charge in [-0.05, 0) is 51.8 Å². The molecular formula is C24H33N7O2. The van der Waals surface area contributed by atoms with E-state index in [0.717, 1.165) is 41.3 Å². The summed E-state index contributed by atoms with van der Waals surface area (Å²) in [6.07, 6.45) is 9.04. The van der Waals surface area contributed by atoms with E-state index in [2.05, 4.69) is 45.0 Å². The van der Waals surface area contributed by atoms with Crippen molar-refractivity contribution in [2.45, 2.75) is 45.7 Å². The molecule has 33 heavy (non-hydrogen) atoms. The van der Waals surface area contributed by atoms with Gasteiger partial charge in [0.25, 0.3) is 0 Å². The summed E-state index contributed by atoms with van der Waals surface area (Å²) in [6, 6.07) is 4.49. The molecule has 3 aromatic heterocycles. The van der Waals surface area contributed by atoms with E-state index in [1.54, 1.807) is 7.11 Å². The fourth-order valence-electron chi connectivity index (χ4n) is 4.77. The van der Waals surface area contributed by atoms with Crippen molar-refractivity contribution in [3.63, 3.8) is 0 Å². The van der Waals surface area contributed by atoms with Gasteiger partial charge in [-0.3, -0.25) is 4.68 Å². The zero-order chi connectivity index (χ0) is 22.8. The van der Waals surface area contributed by atoms with E-state index in [1.807, 2.05) is 29.2 Å². The first-order valence-electron chi connectivity index (χ1n) is 11.8. The summed E-state index contributed by atoms with van der Waals surface area (Å²) < 4.78 is 14.9. The van der Waals surface area contributed by atoms with Crippen LogP contribution in [0.25, 0.3) is 16.9 Å². The van der Waals surface area contributed by atoms with E-state index in [4.69, 9.17) is 14.6 Å². The molecule has 176 valence electrons. The van der Waals surface area contributed by atoms with Gasteiger partial charge in [0.05, 0.1) is 31.8 Å². The van der Waals surface area contributed by atoms with Crippen LogP contribution < -0.4 is 10.1 Å². The predicted octanol–water partition coefficient (Wildman–Crippen LogP) is 3.20.